The van der Waals surface area contributed by atoms with Gasteiger partial charge in [-0.3, -0.25) is 4.79 Å². The number of carbonyl (C=O) groups is 1. The van der Waals surface area contributed by atoms with Crippen molar-refractivity contribution < 1.29 is 23.7 Å². The molecule has 0 fully saturated rings. The normalized spacial score (nSPS) is 10.4. The first-order chi connectivity index (χ1) is 9.65. The quantitative estimate of drug-likeness (QED) is 0.719. The molecule has 0 saturated heterocycles. The molecule has 0 amide bonds. The fourth-order valence-electron chi connectivity index (χ4n) is 1.71. The number of esters is 1. The van der Waals surface area contributed by atoms with Gasteiger partial charge in [-0.2, -0.15) is 0 Å². The Labute approximate surface area is 119 Å². The Morgan fingerprint density at radius 2 is 1.70 bits per heavy atom. The smallest absolute Gasteiger partial charge is 0.309 e. The monoisotopic (exact) mass is 280 g/mol. The maximum atomic E-state index is 11.2. The Morgan fingerprint density at radius 1 is 1.10 bits per heavy atom. The summed E-state index contributed by atoms with van der Waals surface area (Å²) in [5.41, 5.74) is 0.851. The van der Waals surface area contributed by atoms with Crippen LogP contribution >= 0.6 is 0 Å². The third kappa shape index (κ3) is 4.19. The molecule has 0 radical (unpaired) electrons. The van der Waals surface area contributed by atoms with Gasteiger partial charge < -0.3 is 18.9 Å². The molecule has 110 valence electrons. The number of rotatable bonds is 7. The van der Waals surface area contributed by atoms with Crippen molar-refractivity contribution in [2.45, 2.75) is 13.3 Å². The minimum absolute atomic E-state index is 0.227. The number of benzene rings is 1. The first kappa shape index (κ1) is 15.9. The second-order valence-electron chi connectivity index (χ2n) is 3.87. The Hall–Kier alpha value is -2.17. The average Bonchev–Trinajstić information content (AvgIpc) is 2.46. The van der Waals surface area contributed by atoms with Crippen molar-refractivity contribution >= 4 is 12.0 Å². The Balaban J connectivity index is 2.90. The number of ether oxygens (including phenoxy) is 4. The van der Waals surface area contributed by atoms with Crippen LogP contribution in [0.1, 0.15) is 18.9 Å². The number of hydrogen-bond acceptors (Lipinski definition) is 5. The Kier molecular flexibility index (Phi) is 6.43. The minimum Gasteiger partial charge on any atom is -0.493 e. The van der Waals surface area contributed by atoms with E-state index in [4.69, 9.17) is 18.9 Å². The van der Waals surface area contributed by atoms with Crippen molar-refractivity contribution in [1.82, 2.24) is 0 Å². The third-order valence-electron chi connectivity index (χ3n) is 2.59. The van der Waals surface area contributed by atoms with Crippen molar-refractivity contribution in [2.75, 3.05) is 27.9 Å². The van der Waals surface area contributed by atoms with Crippen LogP contribution in [0.3, 0.4) is 0 Å². The Bertz CT molecular complexity index is 454. The van der Waals surface area contributed by atoms with Gasteiger partial charge in [0.1, 0.15) is 0 Å². The van der Waals surface area contributed by atoms with Gasteiger partial charge in [0.25, 0.3) is 0 Å². The zero-order valence-electron chi connectivity index (χ0n) is 12.3. The van der Waals surface area contributed by atoms with Crippen LogP contribution < -0.4 is 14.2 Å². The van der Waals surface area contributed by atoms with Crippen LogP contribution in [0.25, 0.3) is 6.08 Å². The lowest BCUT2D eigenvalue weighted by Gasteiger charge is -2.12. The molecule has 1 aromatic rings. The number of hydrogen-bond donors (Lipinski definition) is 0. The molecule has 0 N–H and O–H groups in total. The predicted molar refractivity (Wildman–Crippen MR) is 76.4 cm³/mol. The van der Waals surface area contributed by atoms with Gasteiger partial charge in [-0.25, -0.2) is 0 Å². The van der Waals surface area contributed by atoms with Crippen LogP contribution in [0.2, 0.25) is 0 Å². The van der Waals surface area contributed by atoms with E-state index in [9.17, 15) is 4.79 Å². The van der Waals surface area contributed by atoms with Gasteiger partial charge in [-0.1, -0.05) is 12.2 Å². The van der Waals surface area contributed by atoms with Crippen LogP contribution in [-0.2, 0) is 9.53 Å². The van der Waals surface area contributed by atoms with Crippen molar-refractivity contribution in [3.8, 4) is 17.2 Å². The van der Waals surface area contributed by atoms with Gasteiger partial charge in [0, 0.05) is 0 Å². The fourth-order valence-corrected chi connectivity index (χ4v) is 1.71. The van der Waals surface area contributed by atoms with E-state index in [0.29, 0.717) is 23.9 Å². The van der Waals surface area contributed by atoms with E-state index in [1.54, 1.807) is 40.4 Å². The van der Waals surface area contributed by atoms with Crippen molar-refractivity contribution in [3.63, 3.8) is 0 Å². The SMILES string of the molecule is CCOC(=O)CC=Cc1cc(OC)c(OC)c(OC)c1. The zero-order chi connectivity index (χ0) is 15.0. The van der Waals surface area contributed by atoms with E-state index < -0.39 is 0 Å². The molecule has 0 atom stereocenters. The van der Waals surface area contributed by atoms with E-state index in [1.165, 1.54) is 0 Å². The van der Waals surface area contributed by atoms with Crippen LogP contribution in [0.4, 0.5) is 0 Å². The lowest BCUT2D eigenvalue weighted by molar-refractivity contribution is -0.142. The summed E-state index contributed by atoms with van der Waals surface area (Å²) in [4.78, 5) is 11.2. The van der Waals surface area contributed by atoms with Crippen LogP contribution in [-0.4, -0.2) is 33.9 Å². The van der Waals surface area contributed by atoms with Gasteiger partial charge in [0.15, 0.2) is 11.5 Å². The fraction of sp³-hybridized carbons (Fsp3) is 0.400. The highest BCUT2D eigenvalue weighted by Gasteiger charge is 2.11. The summed E-state index contributed by atoms with van der Waals surface area (Å²) in [5.74, 6) is 1.43. The summed E-state index contributed by atoms with van der Waals surface area (Å²) >= 11 is 0. The summed E-state index contributed by atoms with van der Waals surface area (Å²) in [5, 5.41) is 0. The van der Waals surface area contributed by atoms with Gasteiger partial charge >= 0.3 is 5.97 Å². The van der Waals surface area contributed by atoms with Gasteiger partial charge in [-0.05, 0) is 24.6 Å². The van der Waals surface area contributed by atoms with E-state index in [0.717, 1.165) is 5.56 Å². The maximum Gasteiger partial charge on any atom is 0.309 e. The highest BCUT2D eigenvalue weighted by molar-refractivity contribution is 5.73. The van der Waals surface area contributed by atoms with Gasteiger partial charge in [0.2, 0.25) is 5.75 Å². The minimum atomic E-state index is -0.254. The molecule has 0 aliphatic heterocycles. The molecule has 0 aliphatic rings. The van der Waals surface area contributed by atoms with E-state index >= 15 is 0 Å². The molecule has 1 rings (SSSR count). The summed E-state index contributed by atoms with van der Waals surface area (Å²) in [6, 6.07) is 3.62. The van der Waals surface area contributed by atoms with Crippen molar-refractivity contribution in [1.29, 1.82) is 0 Å². The maximum absolute atomic E-state index is 11.2. The Morgan fingerprint density at radius 3 is 2.15 bits per heavy atom. The highest BCUT2D eigenvalue weighted by atomic mass is 16.5. The van der Waals surface area contributed by atoms with Crippen molar-refractivity contribution in [3.05, 3.63) is 23.8 Å². The lowest BCUT2D eigenvalue weighted by atomic mass is 10.1. The van der Waals surface area contributed by atoms with Crippen molar-refractivity contribution in [2.24, 2.45) is 0 Å². The topological polar surface area (TPSA) is 54.0 Å². The van der Waals surface area contributed by atoms with Gasteiger partial charge in [-0.15, -0.1) is 0 Å². The standard InChI is InChI=1S/C15H20O5/c1-5-20-14(16)8-6-7-11-9-12(17-2)15(19-4)13(10-11)18-3/h6-7,9-10H,5,8H2,1-4H3. The molecule has 5 nitrogen and oxygen atoms in total. The molecule has 0 aliphatic carbocycles. The molecule has 1 aromatic carbocycles. The lowest BCUT2D eigenvalue weighted by Crippen LogP contribution is -2.01. The molecule has 0 saturated carbocycles. The van der Waals surface area contributed by atoms with Crippen LogP contribution in [0.15, 0.2) is 18.2 Å². The van der Waals surface area contributed by atoms with E-state index in [-0.39, 0.29) is 12.4 Å². The second kappa shape index (κ2) is 8.09. The van der Waals surface area contributed by atoms with Crippen LogP contribution in [0.5, 0.6) is 17.2 Å². The molecular formula is C15H20O5. The summed E-state index contributed by atoms with van der Waals surface area (Å²) < 4.78 is 20.6. The predicted octanol–water partition coefficient (Wildman–Crippen LogP) is 2.68. The summed E-state index contributed by atoms with van der Waals surface area (Å²) in [6.45, 7) is 2.16. The zero-order valence-corrected chi connectivity index (χ0v) is 12.3. The number of methoxy groups -OCH3 is 3. The molecule has 0 spiro atoms. The molecule has 0 unspecified atom stereocenters. The third-order valence-corrected chi connectivity index (χ3v) is 2.59. The molecule has 20 heavy (non-hydrogen) atoms. The van der Waals surface area contributed by atoms with E-state index in [1.807, 2.05) is 12.1 Å². The van der Waals surface area contributed by atoms with Crippen LogP contribution in [0, 0.1) is 0 Å². The highest BCUT2D eigenvalue weighted by Crippen LogP contribution is 2.38. The largest absolute Gasteiger partial charge is 0.493 e. The second-order valence-corrected chi connectivity index (χ2v) is 3.87. The molecule has 0 aromatic heterocycles. The van der Waals surface area contributed by atoms with E-state index in [2.05, 4.69) is 0 Å². The average molecular weight is 280 g/mol. The molecule has 0 heterocycles. The first-order valence-electron chi connectivity index (χ1n) is 6.28. The molecule has 0 bridgehead atoms. The molecule has 5 heteroatoms. The molecular weight excluding hydrogens is 260 g/mol. The summed E-state index contributed by atoms with van der Waals surface area (Å²) in [6.07, 6.45) is 3.77. The summed E-state index contributed by atoms with van der Waals surface area (Å²) in [7, 11) is 4.67. The van der Waals surface area contributed by atoms with Gasteiger partial charge in [0.05, 0.1) is 34.4 Å². The first-order valence-corrected chi connectivity index (χ1v) is 6.28. The number of carbonyl (C=O) groups excluding carboxylic acids is 1.